The molecule has 0 bridgehead atoms. The molecule has 0 saturated heterocycles. The molecule has 0 atom stereocenters. The maximum absolute atomic E-state index is 12.6. The second-order valence-corrected chi connectivity index (χ2v) is 3.92. The van der Waals surface area contributed by atoms with E-state index < -0.39 is 11.9 Å². The first-order valence-corrected chi connectivity index (χ1v) is 5.79. The first-order chi connectivity index (χ1) is 9.02. The Morgan fingerprint density at radius 1 is 1.42 bits per heavy atom. The van der Waals surface area contributed by atoms with Crippen LogP contribution in [0.25, 0.3) is 5.52 Å². The molecule has 4 nitrogen and oxygen atoms in total. The monoisotopic (exact) mass is 270 g/mol. The highest BCUT2D eigenvalue weighted by Crippen LogP contribution is 2.29. The number of rotatable bonds is 4. The van der Waals surface area contributed by atoms with Crippen LogP contribution >= 0.6 is 0 Å². The quantitative estimate of drug-likeness (QED) is 0.685. The lowest BCUT2D eigenvalue weighted by molar-refractivity contribution is -0.141. The lowest BCUT2D eigenvalue weighted by atomic mass is 10.3. The van der Waals surface area contributed by atoms with E-state index in [2.05, 4.69) is 15.4 Å². The predicted molar refractivity (Wildman–Crippen MR) is 65.9 cm³/mol. The first-order valence-electron chi connectivity index (χ1n) is 5.79. The highest BCUT2D eigenvalue weighted by molar-refractivity contribution is 5.67. The van der Waals surface area contributed by atoms with Gasteiger partial charge in [-0.3, -0.25) is 0 Å². The molecule has 2 aromatic heterocycles. The van der Waals surface area contributed by atoms with Gasteiger partial charge in [-0.2, -0.15) is 18.3 Å². The Morgan fingerprint density at radius 3 is 2.89 bits per heavy atom. The number of alkyl halides is 3. The molecular weight excluding hydrogens is 257 g/mol. The van der Waals surface area contributed by atoms with E-state index in [1.165, 1.54) is 16.9 Å². The Morgan fingerprint density at radius 2 is 2.21 bits per heavy atom. The van der Waals surface area contributed by atoms with Crippen molar-refractivity contribution in [1.29, 1.82) is 0 Å². The molecule has 1 N–H and O–H groups in total. The number of anilines is 1. The number of fused-ring (bicyclic) bond motifs is 1. The van der Waals surface area contributed by atoms with Gasteiger partial charge in [0.25, 0.3) is 0 Å². The summed E-state index contributed by atoms with van der Waals surface area (Å²) in [6, 6.07) is 0.991. The standard InChI is InChI=1S/C12H13F3N4/c1-2-3-4-5-16-11-9-8-10(12(13,14)15)18-19(9)7-6-17-11/h2-3,6-8H,4-5H2,1H3,(H,16,17)/b3-2+. The zero-order valence-corrected chi connectivity index (χ0v) is 10.3. The SMILES string of the molecule is C/C=C/CCNc1nccn2nc(C(F)(F)F)cc12. The fourth-order valence-corrected chi connectivity index (χ4v) is 1.64. The number of nitrogens with zero attached hydrogens (tertiary/aromatic N) is 3. The lowest BCUT2D eigenvalue weighted by Crippen LogP contribution is -2.05. The van der Waals surface area contributed by atoms with Crippen LogP contribution in [0.3, 0.4) is 0 Å². The van der Waals surface area contributed by atoms with Gasteiger partial charge < -0.3 is 5.32 Å². The summed E-state index contributed by atoms with van der Waals surface area (Å²) in [6.07, 6.45) is 3.01. The zero-order chi connectivity index (χ0) is 13.9. The van der Waals surface area contributed by atoms with Crippen LogP contribution in [-0.4, -0.2) is 21.1 Å². The number of nitrogens with one attached hydrogen (secondary N) is 1. The highest BCUT2D eigenvalue weighted by Gasteiger charge is 2.34. The van der Waals surface area contributed by atoms with Crippen LogP contribution in [0.4, 0.5) is 19.0 Å². The van der Waals surface area contributed by atoms with E-state index in [1.54, 1.807) is 0 Å². The third-order valence-electron chi connectivity index (χ3n) is 2.52. The van der Waals surface area contributed by atoms with Gasteiger partial charge in [-0.25, -0.2) is 9.50 Å². The van der Waals surface area contributed by atoms with Crippen molar-refractivity contribution in [2.24, 2.45) is 0 Å². The van der Waals surface area contributed by atoms with Crippen LogP contribution < -0.4 is 5.32 Å². The Labute approximate surface area is 108 Å². The summed E-state index contributed by atoms with van der Waals surface area (Å²) in [5.41, 5.74) is -0.604. The number of allylic oxidation sites excluding steroid dienone is 1. The average Bonchev–Trinajstić information content (AvgIpc) is 2.79. The van der Waals surface area contributed by atoms with Crippen molar-refractivity contribution in [2.75, 3.05) is 11.9 Å². The van der Waals surface area contributed by atoms with Crippen LogP contribution in [0, 0.1) is 0 Å². The molecule has 0 amide bonds. The van der Waals surface area contributed by atoms with Crippen molar-refractivity contribution >= 4 is 11.3 Å². The van der Waals surface area contributed by atoms with E-state index in [9.17, 15) is 13.2 Å². The molecule has 0 unspecified atom stereocenters. The van der Waals surface area contributed by atoms with Gasteiger partial charge in [-0.15, -0.1) is 0 Å². The Hall–Kier alpha value is -2.05. The molecule has 0 radical (unpaired) electrons. The summed E-state index contributed by atoms with van der Waals surface area (Å²) in [5, 5.41) is 6.48. The summed E-state index contributed by atoms with van der Waals surface area (Å²) < 4.78 is 38.9. The molecule has 0 fully saturated rings. The molecule has 19 heavy (non-hydrogen) atoms. The van der Waals surface area contributed by atoms with Crippen molar-refractivity contribution in [2.45, 2.75) is 19.5 Å². The van der Waals surface area contributed by atoms with E-state index in [0.717, 1.165) is 12.5 Å². The van der Waals surface area contributed by atoms with Crippen molar-refractivity contribution in [3.05, 3.63) is 36.3 Å². The van der Waals surface area contributed by atoms with Crippen LogP contribution in [-0.2, 0) is 6.18 Å². The zero-order valence-electron chi connectivity index (χ0n) is 10.3. The van der Waals surface area contributed by atoms with Crippen LogP contribution in [0.2, 0.25) is 0 Å². The second-order valence-electron chi connectivity index (χ2n) is 3.92. The molecule has 2 rings (SSSR count). The maximum Gasteiger partial charge on any atom is 0.435 e. The van der Waals surface area contributed by atoms with Crippen molar-refractivity contribution in [1.82, 2.24) is 14.6 Å². The molecule has 102 valence electrons. The third kappa shape index (κ3) is 3.04. The molecule has 0 spiro atoms. The van der Waals surface area contributed by atoms with Gasteiger partial charge in [0.15, 0.2) is 11.5 Å². The van der Waals surface area contributed by atoms with Gasteiger partial charge in [0.05, 0.1) is 0 Å². The van der Waals surface area contributed by atoms with E-state index in [-0.39, 0.29) is 0 Å². The minimum atomic E-state index is -4.45. The second kappa shape index (κ2) is 5.29. The fourth-order valence-electron chi connectivity index (χ4n) is 1.64. The van der Waals surface area contributed by atoms with Gasteiger partial charge in [-0.1, -0.05) is 12.2 Å². The Kier molecular flexibility index (Phi) is 3.73. The van der Waals surface area contributed by atoms with Crippen molar-refractivity contribution in [3.8, 4) is 0 Å². The number of aromatic nitrogens is 3. The van der Waals surface area contributed by atoms with Gasteiger partial charge in [0.2, 0.25) is 0 Å². The normalized spacial score (nSPS) is 12.4. The number of hydrogen-bond acceptors (Lipinski definition) is 3. The molecular formula is C12H13F3N4. The summed E-state index contributed by atoms with van der Waals surface area (Å²) in [6.45, 7) is 2.51. The van der Waals surface area contributed by atoms with E-state index in [0.29, 0.717) is 17.9 Å². The molecule has 0 aliphatic heterocycles. The fraction of sp³-hybridized carbons (Fsp3) is 0.333. The van der Waals surface area contributed by atoms with E-state index in [1.807, 2.05) is 19.1 Å². The molecule has 2 aromatic rings. The van der Waals surface area contributed by atoms with Gasteiger partial charge in [0, 0.05) is 25.0 Å². The summed E-state index contributed by atoms with van der Waals surface area (Å²) in [7, 11) is 0. The van der Waals surface area contributed by atoms with Crippen molar-refractivity contribution in [3.63, 3.8) is 0 Å². The topological polar surface area (TPSA) is 42.2 Å². The first kappa shape index (κ1) is 13.4. The summed E-state index contributed by atoms with van der Waals surface area (Å²) >= 11 is 0. The average molecular weight is 270 g/mol. The predicted octanol–water partition coefficient (Wildman–Crippen LogP) is 3.13. The number of halogens is 3. The molecule has 0 aromatic carbocycles. The van der Waals surface area contributed by atoms with Crippen LogP contribution in [0.1, 0.15) is 19.0 Å². The Balaban J connectivity index is 2.26. The van der Waals surface area contributed by atoms with Crippen LogP contribution in [0.15, 0.2) is 30.6 Å². The van der Waals surface area contributed by atoms with Crippen LogP contribution in [0.5, 0.6) is 0 Å². The molecule has 0 aliphatic carbocycles. The summed E-state index contributed by atoms with van der Waals surface area (Å²) in [5.74, 6) is 0.398. The van der Waals surface area contributed by atoms with Gasteiger partial charge >= 0.3 is 6.18 Å². The van der Waals surface area contributed by atoms with E-state index in [4.69, 9.17) is 0 Å². The molecule has 0 saturated carbocycles. The lowest BCUT2D eigenvalue weighted by Gasteiger charge is -2.04. The van der Waals surface area contributed by atoms with Crippen molar-refractivity contribution < 1.29 is 13.2 Å². The Bertz CT molecular complexity index is 586. The largest absolute Gasteiger partial charge is 0.435 e. The van der Waals surface area contributed by atoms with E-state index >= 15 is 0 Å². The van der Waals surface area contributed by atoms with Gasteiger partial charge in [-0.05, 0) is 13.3 Å². The summed E-state index contributed by atoms with van der Waals surface area (Å²) in [4.78, 5) is 4.04. The molecule has 0 aliphatic rings. The minimum absolute atomic E-state index is 0.315. The third-order valence-corrected chi connectivity index (χ3v) is 2.52. The van der Waals surface area contributed by atoms with Gasteiger partial charge in [0.1, 0.15) is 5.52 Å². The highest BCUT2D eigenvalue weighted by atomic mass is 19.4. The minimum Gasteiger partial charge on any atom is -0.368 e. The molecule has 7 heteroatoms. The number of hydrogen-bond donors (Lipinski definition) is 1. The maximum atomic E-state index is 12.6. The smallest absolute Gasteiger partial charge is 0.368 e. The molecule has 2 heterocycles.